The molecule has 7 nitrogen and oxygen atoms in total. The van der Waals surface area contributed by atoms with E-state index in [1.165, 1.54) is 19.4 Å². The second kappa shape index (κ2) is 7.80. The van der Waals surface area contributed by atoms with Crippen LogP contribution in [-0.2, 0) is 4.79 Å². The average Bonchev–Trinajstić information content (AvgIpc) is 3.50. The standard InChI is InChI=1S/C25H25F2N3O4/c1-12(2)23-19(13-6-7-25(33,10-13)24(31)32)20-17(8-14-11-28-29-22(14)21(20)27)30(23)15-4-5-16(26)18(9-15)34-3/h4-5,8-9,11-13,33H,6-7,10H2,1-3H3,(H,28,29)(H,31,32)/t13?,25-/m0/s1. The first-order chi connectivity index (χ1) is 16.2. The van der Waals surface area contributed by atoms with Gasteiger partial charge in [-0.05, 0) is 54.9 Å². The Hall–Kier alpha value is -3.46. The van der Waals surface area contributed by atoms with Gasteiger partial charge in [0.05, 0.1) is 18.8 Å². The summed E-state index contributed by atoms with van der Waals surface area (Å²) in [6.45, 7) is 3.94. The van der Waals surface area contributed by atoms with Crippen molar-refractivity contribution in [1.82, 2.24) is 14.8 Å². The van der Waals surface area contributed by atoms with Crippen LogP contribution < -0.4 is 4.74 Å². The summed E-state index contributed by atoms with van der Waals surface area (Å²) in [5.74, 6) is -2.68. The number of benzene rings is 2. The number of carboxylic acids is 1. The topological polar surface area (TPSA) is 100 Å². The molecule has 1 aliphatic rings. The van der Waals surface area contributed by atoms with E-state index in [9.17, 15) is 19.4 Å². The van der Waals surface area contributed by atoms with Crippen molar-refractivity contribution in [3.63, 3.8) is 0 Å². The van der Waals surface area contributed by atoms with E-state index in [4.69, 9.17) is 4.74 Å². The van der Waals surface area contributed by atoms with E-state index in [0.717, 1.165) is 5.69 Å². The van der Waals surface area contributed by atoms with Gasteiger partial charge in [-0.1, -0.05) is 13.8 Å². The van der Waals surface area contributed by atoms with Crippen molar-refractivity contribution in [2.75, 3.05) is 7.11 Å². The maximum Gasteiger partial charge on any atom is 0.335 e. The number of aliphatic hydroxyl groups is 1. The predicted molar refractivity (Wildman–Crippen MR) is 123 cm³/mol. The third kappa shape index (κ3) is 3.18. The van der Waals surface area contributed by atoms with Gasteiger partial charge in [0, 0.05) is 28.2 Å². The number of aliphatic carboxylic acids is 1. The zero-order valence-corrected chi connectivity index (χ0v) is 19.0. The molecule has 4 aromatic rings. The molecule has 0 radical (unpaired) electrons. The predicted octanol–water partition coefficient (Wildman–Crippen LogP) is 5.00. The molecule has 1 aliphatic carbocycles. The largest absolute Gasteiger partial charge is 0.494 e. The summed E-state index contributed by atoms with van der Waals surface area (Å²) in [5.41, 5.74) is 0.990. The lowest BCUT2D eigenvalue weighted by molar-refractivity contribution is -0.157. The van der Waals surface area contributed by atoms with Crippen LogP contribution >= 0.6 is 0 Å². The van der Waals surface area contributed by atoms with Gasteiger partial charge in [0.1, 0.15) is 5.52 Å². The van der Waals surface area contributed by atoms with E-state index in [1.807, 2.05) is 24.5 Å². The SMILES string of the molecule is COc1cc(-n2c(C(C)C)c(C3CC[C@@](O)(C(=O)O)C3)c3c(F)c4[nH]ncc4cc32)ccc1F. The monoisotopic (exact) mass is 469 g/mol. The number of ether oxygens (including phenoxy) is 1. The molecule has 0 spiro atoms. The molecule has 0 amide bonds. The van der Waals surface area contributed by atoms with Crippen LogP contribution in [0.1, 0.15) is 56.2 Å². The Bertz CT molecular complexity index is 1440. The zero-order chi connectivity index (χ0) is 24.4. The molecule has 9 heteroatoms. The minimum atomic E-state index is -1.86. The Morgan fingerprint density at radius 3 is 2.74 bits per heavy atom. The molecule has 0 aliphatic heterocycles. The summed E-state index contributed by atoms with van der Waals surface area (Å²) in [6.07, 6.45) is 1.99. The van der Waals surface area contributed by atoms with Gasteiger partial charge in [-0.2, -0.15) is 5.10 Å². The molecular weight excluding hydrogens is 444 g/mol. The van der Waals surface area contributed by atoms with Crippen LogP contribution in [0.15, 0.2) is 30.5 Å². The van der Waals surface area contributed by atoms with Crippen LogP contribution in [-0.4, -0.2) is 43.7 Å². The van der Waals surface area contributed by atoms with Gasteiger partial charge >= 0.3 is 5.97 Å². The number of fused-ring (bicyclic) bond motifs is 2. The highest BCUT2D eigenvalue weighted by Crippen LogP contribution is 2.49. The van der Waals surface area contributed by atoms with Crippen LogP contribution in [0, 0.1) is 11.6 Å². The third-order valence-corrected chi connectivity index (χ3v) is 6.92. The second-order valence-corrected chi connectivity index (χ2v) is 9.30. The number of aromatic amines is 1. The zero-order valence-electron chi connectivity index (χ0n) is 19.0. The summed E-state index contributed by atoms with van der Waals surface area (Å²) < 4.78 is 37.3. The van der Waals surface area contributed by atoms with E-state index >= 15 is 4.39 Å². The van der Waals surface area contributed by atoms with Crippen molar-refractivity contribution in [2.24, 2.45) is 0 Å². The highest BCUT2D eigenvalue weighted by Gasteiger charge is 2.46. The molecule has 34 heavy (non-hydrogen) atoms. The van der Waals surface area contributed by atoms with Gasteiger partial charge in [-0.3, -0.25) is 5.10 Å². The van der Waals surface area contributed by atoms with Crippen LogP contribution in [0.4, 0.5) is 8.78 Å². The van der Waals surface area contributed by atoms with Crippen molar-refractivity contribution < 1.29 is 28.5 Å². The number of nitrogens with zero attached hydrogens (tertiary/aromatic N) is 2. The van der Waals surface area contributed by atoms with Gasteiger partial charge < -0.3 is 19.5 Å². The maximum absolute atomic E-state index is 16.0. The van der Waals surface area contributed by atoms with Crippen LogP contribution in [0.2, 0.25) is 0 Å². The molecule has 178 valence electrons. The molecule has 3 N–H and O–H groups in total. The second-order valence-electron chi connectivity index (χ2n) is 9.30. The summed E-state index contributed by atoms with van der Waals surface area (Å²) in [6, 6.07) is 6.28. The Labute approximate surface area is 194 Å². The number of hydrogen-bond acceptors (Lipinski definition) is 4. The number of H-pyrrole nitrogens is 1. The number of rotatable bonds is 5. The Morgan fingerprint density at radius 2 is 2.09 bits per heavy atom. The molecule has 1 fully saturated rings. The first-order valence-corrected chi connectivity index (χ1v) is 11.2. The Balaban J connectivity index is 1.88. The number of halogens is 2. The first kappa shape index (κ1) is 22.3. The highest BCUT2D eigenvalue weighted by molar-refractivity contribution is 6.00. The summed E-state index contributed by atoms with van der Waals surface area (Å²) in [4.78, 5) is 11.7. The van der Waals surface area contributed by atoms with Gasteiger partial charge in [0.15, 0.2) is 23.0 Å². The fourth-order valence-electron chi connectivity index (χ4n) is 5.36. The fraction of sp³-hybridized carbons (Fsp3) is 0.360. The summed E-state index contributed by atoms with van der Waals surface area (Å²) in [5, 5.41) is 27.8. The molecule has 2 heterocycles. The number of hydrogen-bond donors (Lipinski definition) is 3. The summed E-state index contributed by atoms with van der Waals surface area (Å²) >= 11 is 0. The van der Waals surface area contributed by atoms with E-state index in [2.05, 4.69) is 10.2 Å². The fourth-order valence-corrected chi connectivity index (χ4v) is 5.36. The number of methoxy groups -OCH3 is 1. The molecule has 0 bridgehead atoms. The molecule has 0 saturated heterocycles. The molecule has 2 aromatic carbocycles. The van der Waals surface area contributed by atoms with Crippen LogP contribution in [0.3, 0.4) is 0 Å². The first-order valence-electron chi connectivity index (χ1n) is 11.2. The van der Waals surface area contributed by atoms with Crippen molar-refractivity contribution in [1.29, 1.82) is 0 Å². The highest BCUT2D eigenvalue weighted by atomic mass is 19.1. The molecular formula is C25H25F2N3O4. The lowest BCUT2D eigenvalue weighted by Crippen LogP contribution is -2.35. The minimum absolute atomic E-state index is 0.0195. The number of carbonyl (C=O) groups is 1. The van der Waals surface area contributed by atoms with E-state index in [0.29, 0.717) is 34.0 Å². The number of nitrogens with one attached hydrogen (secondary N) is 1. The molecule has 5 rings (SSSR count). The normalized spacial score (nSPS) is 20.6. The molecule has 1 saturated carbocycles. The van der Waals surface area contributed by atoms with Gasteiger partial charge in [-0.25, -0.2) is 13.6 Å². The van der Waals surface area contributed by atoms with Crippen molar-refractivity contribution in [2.45, 2.75) is 50.5 Å². The van der Waals surface area contributed by atoms with Crippen molar-refractivity contribution >= 4 is 27.8 Å². The van der Waals surface area contributed by atoms with Gasteiger partial charge in [0.2, 0.25) is 0 Å². The van der Waals surface area contributed by atoms with E-state index in [-0.39, 0.29) is 35.9 Å². The Kier molecular flexibility index (Phi) is 5.12. The molecule has 2 aromatic heterocycles. The third-order valence-electron chi connectivity index (χ3n) is 6.92. The average molecular weight is 469 g/mol. The maximum atomic E-state index is 16.0. The number of carboxylic acid groups (broad SMARTS) is 1. The lowest BCUT2D eigenvalue weighted by Gasteiger charge is -2.20. The van der Waals surface area contributed by atoms with Crippen LogP contribution in [0.25, 0.3) is 27.5 Å². The number of aromatic nitrogens is 3. The quantitative estimate of drug-likeness (QED) is 0.382. The molecule has 1 unspecified atom stereocenters. The lowest BCUT2D eigenvalue weighted by atomic mass is 9.89. The van der Waals surface area contributed by atoms with Crippen LogP contribution in [0.5, 0.6) is 5.75 Å². The smallest absolute Gasteiger partial charge is 0.335 e. The van der Waals surface area contributed by atoms with Gasteiger partial charge in [-0.15, -0.1) is 0 Å². The minimum Gasteiger partial charge on any atom is -0.494 e. The van der Waals surface area contributed by atoms with Gasteiger partial charge in [0.25, 0.3) is 0 Å². The molecule has 2 atom stereocenters. The van der Waals surface area contributed by atoms with E-state index in [1.54, 1.807) is 12.1 Å². The van der Waals surface area contributed by atoms with Crippen molar-refractivity contribution in [3.8, 4) is 11.4 Å². The van der Waals surface area contributed by atoms with E-state index < -0.39 is 23.2 Å². The summed E-state index contributed by atoms with van der Waals surface area (Å²) in [7, 11) is 1.38. The van der Waals surface area contributed by atoms with Crippen molar-refractivity contribution in [3.05, 3.63) is 53.4 Å². The Morgan fingerprint density at radius 1 is 1.32 bits per heavy atom.